The molecule has 54 heavy (non-hydrogen) atoms. The number of thiophene rings is 1. The molecule has 0 amide bonds. The highest BCUT2D eigenvalue weighted by Gasteiger charge is 2.25. The molecule has 1 aliphatic rings. The molecule has 1 aliphatic carbocycles. The lowest BCUT2D eigenvalue weighted by Crippen LogP contribution is -2.00. The van der Waals surface area contributed by atoms with Crippen LogP contribution in [0, 0.1) is 0 Å². The second kappa shape index (κ2) is 11.3. The van der Waals surface area contributed by atoms with Crippen LogP contribution in [0.15, 0.2) is 168 Å². The maximum atomic E-state index is 6.53. The molecule has 0 unspecified atom stereocenters. The van der Waals surface area contributed by atoms with E-state index in [9.17, 15) is 0 Å². The molecule has 3 aromatic heterocycles. The van der Waals surface area contributed by atoms with E-state index in [1.807, 2.05) is 30.3 Å². The van der Waals surface area contributed by atoms with E-state index in [1.165, 1.54) is 58.8 Å². The quantitative estimate of drug-likeness (QED) is 0.183. The van der Waals surface area contributed by atoms with Crippen LogP contribution >= 0.6 is 11.3 Å². The van der Waals surface area contributed by atoms with Crippen molar-refractivity contribution in [2.45, 2.75) is 0 Å². The van der Waals surface area contributed by atoms with Crippen molar-refractivity contribution in [2.75, 3.05) is 0 Å². The standard InChI is InChI=1S/C49H27N3OS/c1-2-10-29(11-3-1)47-50-48(31-22-24-34-33-14-4-5-21-42(33)54-43(34)27-31)52-49(51-47)38-19-9-20-41-46(38)39-26-30(23-25-40(39)53-41)32-15-8-17-36-35-16-6-12-28-13-7-18-37(44(28)35)45(32)36/h1-27H. The van der Waals surface area contributed by atoms with E-state index in [2.05, 4.69) is 133 Å². The summed E-state index contributed by atoms with van der Waals surface area (Å²) in [5.74, 6) is 1.88. The summed E-state index contributed by atoms with van der Waals surface area (Å²) in [5.41, 5.74) is 11.9. The Morgan fingerprint density at radius 1 is 0.370 bits per heavy atom. The smallest absolute Gasteiger partial charge is 0.164 e. The van der Waals surface area contributed by atoms with Crippen LogP contribution in [0.1, 0.15) is 0 Å². The first-order valence-corrected chi connectivity index (χ1v) is 18.9. The van der Waals surface area contributed by atoms with E-state index in [0.29, 0.717) is 17.5 Å². The van der Waals surface area contributed by atoms with Crippen molar-refractivity contribution in [1.82, 2.24) is 15.0 Å². The molecule has 0 radical (unpaired) electrons. The molecule has 0 N–H and O–H groups in total. The van der Waals surface area contributed by atoms with Gasteiger partial charge in [-0.05, 0) is 74.5 Å². The molecule has 0 aliphatic heterocycles. The zero-order chi connectivity index (χ0) is 35.3. The highest BCUT2D eigenvalue weighted by atomic mass is 32.1. The Hall–Kier alpha value is -6.95. The van der Waals surface area contributed by atoms with E-state index in [-0.39, 0.29) is 0 Å². The number of rotatable bonds is 4. The fraction of sp³-hybridized carbons (Fsp3) is 0. The van der Waals surface area contributed by atoms with Crippen LogP contribution in [-0.2, 0) is 0 Å². The lowest BCUT2D eigenvalue weighted by molar-refractivity contribution is 0.669. The molecule has 0 atom stereocenters. The van der Waals surface area contributed by atoms with Crippen molar-refractivity contribution < 1.29 is 4.42 Å². The van der Waals surface area contributed by atoms with E-state index in [4.69, 9.17) is 19.4 Å². The molecule has 0 fully saturated rings. The van der Waals surface area contributed by atoms with Crippen molar-refractivity contribution in [2.24, 2.45) is 0 Å². The zero-order valence-electron chi connectivity index (χ0n) is 28.7. The maximum Gasteiger partial charge on any atom is 0.164 e. The Balaban J connectivity index is 1.06. The first kappa shape index (κ1) is 29.6. The molecule has 4 nitrogen and oxygen atoms in total. The van der Waals surface area contributed by atoms with Crippen LogP contribution in [0.5, 0.6) is 0 Å². The monoisotopic (exact) mass is 705 g/mol. The van der Waals surface area contributed by atoms with Crippen LogP contribution in [0.3, 0.4) is 0 Å². The lowest BCUT2D eigenvalue weighted by atomic mass is 9.92. The Labute approximate surface area is 313 Å². The number of fused-ring (bicyclic) bond motifs is 9. The number of aromatic nitrogens is 3. The fourth-order valence-corrected chi connectivity index (χ4v) is 9.61. The Bertz CT molecular complexity index is 3340. The number of furan rings is 1. The molecule has 12 rings (SSSR count). The summed E-state index contributed by atoms with van der Waals surface area (Å²) in [6, 6.07) is 57.9. The summed E-state index contributed by atoms with van der Waals surface area (Å²) in [6.45, 7) is 0. The summed E-state index contributed by atoms with van der Waals surface area (Å²) >= 11 is 1.79. The topological polar surface area (TPSA) is 51.8 Å². The summed E-state index contributed by atoms with van der Waals surface area (Å²) in [5, 5.41) is 7.12. The Morgan fingerprint density at radius 2 is 1.06 bits per heavy atom. The van der Waals surface area contributed by atoms with E-state index >= 15 is 0 Å². The average molecular weight is 706 g/mol. The molecule has 11 aromatic rings. The molecule has 250 valence electrons. The van der Waals surface area contributed by atoms with Gasteiger partial charge in [-0.3, -0.25) is 0 Å². The van der Waals surface area contributed by atoms with Gasteiger partial charge in [0, 0.05) is 47.6 Å². The predicted molar refractivity (Wildman–Crippen MR) is 224 cm³/mol. The molecule has 8 aromatic carbocycles. The molecule has 5 heteroatoms. The first-order chi connectivity index (χ1) is 26.7. The fourth-order valence-electron chi connectivity index (χ4n) is 8.47. The second-order valence-electron chi connectivity index (χ2n) is 13.9. The van der Waals surface area contributed by atoms with Crippen molar-refractivity contribution in [3.05, 3.63) is 164 Å². The molecule has 0 saturated carbocycles. The Kier molecular flexibility index (Phi) is 6.18. The van der Waals surface area contributed by atoms with E-state index < -0.39 is 0 Å². The van der Waals surface area contributed by atoms with Crippen molar-refractivity contribution in [3.63, 3.8) is 0 Å². The minimum atomic E-state index is 0.608. The highest BCUT2D eigenvalue weighted by molar-refractivity contribution is 7.25. The average Bonchev–Trinajstić information content (AvgIpc) is 3.91. The number of benzene rings is 8. The van der Waals surface area contributed by atoms with Crippen molar-refractivity contribution >= 4 is 64.2 Å². The van der Waals surface area contributed by atoms with Crippen LogP contribution in [0.4, 0.5) is 0 Å². The molecule has 3 heterocycles. The largest absolute Gasteiger partial charge is 0.456 e. The number of hydrogen-bond acceptors (Lipinski definition) is 5. The molecular formula is C49H27N3OS. The van der Waals surface area contributed by atoms with Crippen LogP contribution < -0.4 is 0 Å². The van der Waals surface area contributed by atoms with Gasteiger partial charge in [0.25, 0.3) is 0 Å². The third-order valence-electron chi connectivity index (χ3n) is 10.9. The number of hydrogen-bond donors (Lipinski definition) is 0. The third-order valence-corrected chi connectivity index (χ3v) is 12.0. The molecule has 0 bridgehead atoms. The predicted octanol–water partition coefficient (Wildman–Crippen LogP) is 13.6. The first-order valence-electron chi connectivity index (χ1n) is 18.1. The lowest BCUT2D eigenvalue weighted by Gasteiger charge is -2.11. The Morgan fingerprint density at radius 3 is 1.96 bits per heavy atom. The van der Waals surface area contributed by atoms with E-state index in [0.717, 1.165) is 44.2 Å². The second-order valence-corrected chi connectivity index (χ2v) is 15.0. The molecule has 0 saturated heterocycles. The zero-order valence-corrected chi connectivity index (χ0v) is 29.6. The highest BCUT2D eigenvalue weighted by Crippen LogP contribution is 2.51. The van der Waals surface area contributed by atoms with Crippen LogP contribution in [-0.4, -0.2) is 15.0 Å². The minimum Gasteiger partial charge on any atom is -0.456 e. The van der Waals surface area contributed by atoms with E-state index in [1.54, 1.807) is 11.3 Å². The van der Waals surface area contributed by atoms with Crippen molar-refractivity contribution in [1.29, 1.82) is 0 Å². The van der Waals surface area contributed by atoms with Gasteiger partial charge in [-0.2, -0.15) is 0 Å². The summed E-state index contributed by atoms with van der Waals surface area (Å²) in [7, 11) is 0. The summed E-state index contributed by atoms with van der Waals surface area (Å²) < 4.78 is 9.01. The van der Waals surface area contributed by atoms with Crippen molar-refractivity contribution in [3.8, 4) is 67.5 Å². The maximum absolute atomic E-state index is 6.53. The van der Waals surface area contributed by atoms with Gasteiger partial charge >= 0.3 is 0 Å². The van der Waals surface area contributed by atoms with Gasteiger partial charge in [0.2, 0.25) is 0 Å². The normalized spacial score (nSPS) is 12.1. The summed E-state index contributed by atoms with van der Waals surface area (Å²) in [4.78, 5) is 15.4. The van der Waals surface area contributed by atoms with Gasteiger partial charge in [-0.1, -0.05) is 133 Å². The van der Waals surface area contributed by atoms with Gasteiger partial charge in [-0.15, -0.1) is 11.3 Å². The SMILES string of the molecule is c1ccc(-c2nc(-c3ccc4c(c3)sc3ccccc34)nc(-c3cccc4oc5ccc(-c6cccc7c6-c6cccc8cccc-7c68)cc5c34)n2)cc1. The minimum absolute atomic E-state index is 0.608. The van der Waals surface area contributed by atoms with Crippen LogP contribution in [0.25, 0.3) is 120 Å². The summed E-state index contributed by atoms with van der Waals surface area (Å²) in [6.07, 6.45) is 0. The van der Waals surface area contributed by atoms with Gasteiger partial charge < -0.3 is 4.42 Å². The molecule has 0 spiro atoms. The van der Waals surface area contributed by atoms with Gasteiger partial charge in [0.15, 0.2) is 17.5 Å². The third kappa shape index (κ3) is 4.33. The van der Waals surface area contributed by atoms with Gasteiger partial charge in [0.1, 0.15) is 11.2 Å². The van der Waals surface area contributed by atoms with Crippen LogP contribution in [0.2, 0.25) is 0 Å². The van der Waals surface area contributed by atoms with Gasteiger partial charge in [-0.25, -0.2) is 15.0 Å². The molecular weight excluding hydrogens is 679 g/mol. The number of nitrogens with zero attached hydrogens (tertiary/aromatic N) is 3. The van der Waals surface area contributed by atoms with Gasteiger partial charge in [0.05, 0.1) is 0 Å².